The van der Waals surface area contributed by atoms with Crippen LogP contribution in [0.2, 0.25) is 0 Å². The van der Waals surface area contributed by atoms with Crippen LogP contribution in [0.25, 0.3) is 21.9 Å². The van der Waals surface area contributed by atoms with E-state index in [0.29, 0.717) is 12.0 Å². The lowest BCUT2D eigenvalue weighted by Crippen LogP contribution is -2.40. The predicted molar refractivity (Wildman–Crippen MR) is 237 cm³/mol. The van der Waals surface area contributed by atoms with Crippen molar-refractivity contribution in [3.8, 4) is 11.1 Å². The lowest BCUT2D eigenvalue weighted by atomic mass is 10.0. The minimum absolute atomic E-state index is 0.0235. The van der Waals surface area contributed by atoms with Crippen LogP contribution in [-0.4, -0.2) is 30.4 Å². The Morgan fingerprint density at radius 1 is 0.712 bits per heavy atom. The van der Waals surface area contributed by atoms with Gasteiger partial charge in [0, 0.05) is 24.0 Å². The van der Waals surface area contributed by atoms with Gasteiger partial charge in [0.1, 0.15) is 0 Å². The highest BCUT2D eigenvalue weighted by molar-refractivity contribution is 7.16. The number of hydrogen-bond acceptors (Lipinski definition) is 3. The fraction of sp³-hybridized carbons (Fsp3) is 0.447. The molecule has 0 aliphatic heterocycles. The molecule has 0 spiro atoms. The van der Waals surface area contributed by atoms with Crippen LogP contribution < -0.4 is 10.6 Å². The minimum Gasteiger partial charge on any atom is -0.389 e. The monoisotopic (exact) mass is 729 g/mol. The third-order valence-corrected chi connectivity index (χ3v) is 8.22. The third kappa shape index (κ3) is 21.6. The van der Waals surface area contributed by atoms with Gasteiger partial charge >= 0.3 is 0 Å². The Bertz CT molecular complexity index is 1480. The smallest absolute Gasteiger partial charge is 0.251 e. The number of ketones is 1. The number of unbranched alkanes of at least 4 members (excludes halogenated alkanes) is 2. The van der Waals surface area contributed by atoms with Crippen molar-refractivity contribution in [2.45, 2.75) is 127 Å². The molecule has 1 amide bonds. The summed E-state index contributed by atoms with van der Waals surface area (Å²) in [6.45, 7) is 26.8. The Morgan fingerprint density at radius 2 is 1.27 bits per heavy atom. The zero-order valence-corrected chi connectivity index (χ0v) is 35.9. The molecule has 2 N–H and O–H groups in total. The van der Waals surface area contributed by atoms with E-state index in [9.17, 15) is 9.59 Å². The first-order valence-electron chi connectivity index (χ1n) is 19.8. The quantitative estimate of drug-likeness (QED) is 0.100. The van der Waals surface area contributed by atoms with Crippen molar-refractivity contribution in [3.05, 3.63) is 120 Å². The molecule has 4 rings (SSSR count). The van der Waals surface area contributed by atoms with Crippen LogP contribution in [0.1, 0.15) is 129 Å². The first kappa shape index (κ1) is 50.4. The molecule has 0 saturated carbocycles. The number of nitrogens with one attached hydrogen (secondary N) is 2. The van der Waals surface area contributed by atoms with E-state index in [1.807, 2.05) is 65.8 Å². The molecule has 0 saturated heterocycles. The van der Waals surface area contributed by atoms with Crippen LogP contribution in [0.15, 0.2) is 103 Å². The number of allylic oxidation sites excluding steroid dienone is 1. The molecule has 4 aromatic rings. The highest BCUT2D eigenvalue weighted by atomic mass is 31.0. The second kappa shape index (κ2) is 33.1. The number of Topliss-reactive ketones (excluding diaryl/α,β-unsaturated/α-hetero) is 1. The van der Waals surface area contributed by atoms with Crippen molar-refractivity contribution in [3.63, 3.8) is 0 Å². The summed E-state index contributed by atoms with van der Waals surface area (Å²) in [4.78, 5) is 24.7. The fourth-order valence-corrected chi connectivity index (χ4v) is 4.76. The normalized spacial score (nSPS) is 10.0. The maximum absolute atomic E-state index is 12.7. The van der Waals surface area contributed by atoms with Crippen LogP contribution in [0.3, 0.4) is 0 Å². The lowest BCUT2D eigenvalue weighted by molar-refractivity contribution is -0.119. The van der Waals surface area contributed by atoms with Gasteiger partial charge in [0.2, 0.25) is 0 Å². The summed E-state index contributed by atoms with van der Waals surface area (Å²) in [6.07, 6.45) is 8.26. The number of fused-ring (bicyclic) bond motifs is 1. The first-order chi connectivity index (χ1) is 25.2. The molecule has 4 nitrogen and oxygen atoms in total. The zero-order chi connectivity index (χ0) is 39.7. The summed E-state index contributed by atoms with van der Waals surface area (Å²) < 4.78 is 0. The molecule has 2 atom stereocenters. The van der Waals surface area contributed by atoms with Crippen LogP contribution in [0.4, 0.5) is 0 Å². The largest absolute Gasteiger partial charge is 0.389 e. The molecule has 52 heavy (non-hydrogen) atoms. The second-order valence-electron chi connectivity index (χ2n) is 11.7. The summed E-state index contributed by atoms with van der Waals surface area (Å²) in [7, 11) is 2.62. The average Bonchev–Trinajstić information content (AvgIpc) is 3.20. The van der Waals surface area contributed by atoms with E-state index < -0.39 is 6.04 Å². The fourth-order valence-electron chi connectivity index (χ4n) is 4.61. The van der Waals surface area contributed by atoms with Gasteiger partial charge in [-0.3, -0.25) is 9.59 Å². The highest BCUT2D eigenvalue weighted by Gasteiger charge is 2.18. The topological polar surface area (TPSA) is 58.2 Å². The van der Waals surface area contributed by atoms with E-state index in [1.165, 1.54) is 54.9 Å². The lowest BCUT2D eigenvalue weighted by Gasteiger charge is -2.17. The van der Waals surface area contributed by atoms with Crippen molar-refractivity contribution < 1.29 is 9.59 Å². The molecule has 4 aromatic carbocycles. The number of carbonyl (C=O) groups is 2. The Hall–Kier alpha value is -3.75. The van der Waals surface area contributed by atoms with Gasteiger partial charge in [-0.1, -0.05) is 173 Å². The van der Waals surface area contributed by atoms with Crippen LogP contribution in [0, 0.1) is 6.92 Å². The van der Waals surface area contributed by atoms with Gasteiger partial charge < -0.3 is 10.6 Å². The van der Waals surface area contributed by atoms with Gasteiger partial charge in [0.05, 0.1) is 6.04 Å². The Morgan fingerprint density at radius 3 is 1.81 bits per heavy atom. The summed E-state index contributed by atoms with van der Waals surface area (Å²) in [5.74, 6) is -0.228. The van der Waals surface area contributed by atoms with Crippen molar-refractivity contribution in [1.82, 2.24) is 10.6 Å². The molecule has 288 valence electrons. The van der Waals surface area contributed by atoms with Crippen molar-refractivity contribution in [2.75, 3.05) is 12.7 Å². The second-order valence-corrected chi connectivity index (χ2v) is 12.2. The molecular weight excluding hydrogens is 656 g/mol. The standard InChI is InChI=1S/C24H33N2O2P.C13H12.C4H10.3C2H6/c1-4-5-7-19-9-10-21-15-22(12-11-20(21)14-19)24(28)26-23(18(3)27)8-6-13-25-17(2)16-29;1-11-7-9-13(10-8-11)12-5-3-2-4-6-12;1-3-4-2;3*1-2/h9-12,14-15,23,25H,2,4-8,13,16,29H2,1,3H3,(H,26,28);2-10H,1H3;3-4H2,1-2H3;3*1-2H3. The number of hydrogen-bond donors (Lipinski definition) is 2. The first-order valence-corrected chi connectivity index (χ1v) is 20.6. The van der Waals surface area contributed by atoms with E-state index in [2.05, 4.69) is 121 Å². The highest BCUT2D eigenvalue weighted by Crippen LogP contribution is 2.20. The molecule has 5 heteroatoms. The van der Waals surface area contributed by atoms with Gasteiger partial charge in [-0.25, -0.2) is 0 Å². The third-order valence-electron chi connectivity index (χ3n) is 7.73. The maximum atomic E-state index is 12.7. The summed E-state index contributed by atoms with van der Waals surface area (Å²) in [5, 5.41) is 8.28. The average molecular weight is 729 g/mol. The SMILES string of the molecule is C=C(CP)NCCCC(NC(=O)c1ccc2cc(CCCC)ccc2c1)C(C)=O.CC.CC.CC.CCCC.Cc1ccc(-c2ccccc2)cc1. The molecule has 0 aliphatic carbocycles. The van der Waals surface area contributed by atoms with Gasteiger partial charge in [0.15, 0.2) is 5.78 Å². The van der Waals surface area contributed by atoms with Crippen LogP contribution in [0.5, 0.6) is 0 Å². The maximum Gasteiger partial charge on any atom is 0.251 e. The number of benzene rings is 4. The van der Waals surface area contributed by atoms with Crippen LogP contribution in [-0.2, 0) is 11.2 Å². The summed E-state index contributed by atoms with van der Waals surface area (Å²) >= 11 is 0. The van der Waals surface area contributed by atoms with E-state index in [1.54, 1.807) is 0 Å². The molecular formula is C47H73N2O2P. The number of rotatable bonds is 14. The number of aryl methyl sites for hydroxylation is 2. The zero-order valence-electron chi connectivity index (χ0n) is 34.7. The minimum atomic E-state index is -0.472. The van der Waals surface area contributed by atoms with Gasteiger partial charge in [-0.05, 0) is 79.1 Å². The molecule has 0 radical (unpaired) electrons. The van der Waals surface area contributed by atoms with Gasteiger partial charge in [0.25, 0.3) is 5.91 Å². The van der Waals surface area contributed by atoms with Crippen molar-refractivity contribution in [2.24, 2.45) is 0 Å². The molecule has 0 aromatic heterocycles. The molecule has 2 unspecified atom stereocenters. The van der Waals surface area contributed by atoms with E-state index in [-0.39, 0.29) is 11.7 Å². The van der Waals surface area contributed by atoms with E-state index in [0.717, 1.165) is 42.0 Å². The summed E-state index contributed by atoms with van der Waals surface area (Å²) in [6, 6.07) is 30.7. The number of carbonyl (C=O) groups excluding carboxylic acids is 2. The molecule has 0 fully saturated rings. The van der Waals surface area contributed by atoms with Crippen LogP contribution >= 0.6 is 9.24 Å². The molecule has 0 bridgehead atoms. The van der Waals surface area contributed by atoms with Crippen molar-refractivity contribution >= 4 is 31.7 Å². The number of amides is 1. The van der Waals surface area contributed by atoms with E-state index >= 15 is 0 Å². The Labute approximate surface area is 321 Å². The van der Waals surface area contributed by atoms with E-state index in [4.69, 9.17) is 0 Å². The van der Waals surface area contributed by atoms with Crippen molar-refractivity contribution in [1.29, 1.82) is 0 Å². The summed E-state index contributed by atoms with van der Waals surface area (Å²) in [5.41, 5.74) is 6.73. The van der Waals surface area contributed by atoms with Gasteiger partial charge in [-0.2, -0.15) is 0 Å². The molecule has 0 aliphatic rings. The Balaban J connectivity index is 0. The molecule has 0 heterocycles. The Kier molecular flexibility index (Phi) is 32.1. The van der Waals surface area contributed by atoms with Gasteiger partial charge in [-0.15, -0.1) is 9.24 Å². The predicted octanol–water partition coefficient (Wildman–Crippen LogP) is 13.2.